The first-order chi connectivity index (χ1) is 16.1. The molecule has 2 aromatic heterocycles. The second kappa shape index (κ2) is 8.50. The van der Waals surface area contributed by atoms with Crippen LogP contribution in [0.3, 0.4) is 0 Å². The minimum atomic E-state index is -0.00539. The third-order valence-corrected chi connectivity index (χ3v) is 6.01. The van der Waals surface area contributed by atoms with E-state index in [1.54, 1.807) is 18.7 Å². The van der Waals surface area contributed by atoms with Gasteiger partial charge in [-0.3, -0.25) is 4.79 Å². The highest BCUT2D eigenvalue weighted by Crippen LogP contribution is 2.36. The van der Waals surface area contributed by atoms with Gasteiger partial charge in [-0.05, 0) is 42.5 Å². The molecule has 0 unspecified atom stereocenters. The van der Waals surface area contributed by atoms with E-state index in [1.807, 2.05) is 55.5 Å². The van der Waals surface area contributed by atoms with Crippen molar-refractivity contribution in [3.05, 3.63) is 77.3 Å². The Balaban J connectivity index is 1.56. The van der Waals surface area contributed by atoms with Gasteiger partial charge >= 0.3 is 0 Å². The molecule has 1 aliphatic carbocycles. The molecule has 4 aromatic rings. The molecule has 5 rings (SSSR count). The predicted molar refractivity (Wildman–Crippen MR) is 126 cm³/mol. The molecule has 0 saturated carbocycles. The van der Waals surface area contributed by atoms with Crippen molar-refractivity contribution in [2.75, 3.05) is 14.2 Å². The van der Waals surface area contributed by atoms with Crippen molar-refractivity contribution in [2.45, 2.75) is 19.8 Å². The molecule has 0 spiro atoms. The average molecular weight is 441 g/mol. The van der Waals surface area contributed by atoms with Gasteiger partial charge in [0.1, 0.15) is 0 Å². The lowest BCUT2D eigenvalue weighted by Crippen LogP contribution is -2.24. The Morgan fingerprint density at radius 1 is 1.00 bits per heavy atom. The van der Waals surface area contributed by atoms with Crippen LogP contribution in [0.25, 0.3) is 22.9 Å². The van der Waals surface area contributed by atoms with Crippen molar-refractivity contribution in [1.82, 2.24) is 19.8 Å². The minimum Gasteiger partial charge on any atom is -0.493 e. The number of ketones is 1. The summed E-state index contributed by atoms with van der Waals surface area (Å²) < 4.78 is 12.6. The lowest BCUT2D eigenvalue weighted by Gasteiger charge is -2.20. The van der Waals surface area contributed by atoms with Gasteiger partial charge in [-0.1, -0.05) is 48.6 Å². The summed E-state index contributed by atoms with van der Waals surface area (Å²) in [5.41, 5.74) is 5.51. The quantitative estimate of drug-likeness (QED) is 0.452. The maximum Gasteiger partial charge on any atom is 0.185 e. The first-order valence-corrected chi connectivity index (χ1v) is 10.8. The molecule has 0 bridgehead atoms. The van der Waals surface area contributed by atoms with Crippen LogP contribution >= 0.6 is 0 Å². The van der Waals surface area contributed by atoms with Gasteiger partial charge in [0.25, 0.3) is 0 Å². The molecule has 0 saturated heterocycles. The Morgan fingerprint density at radius 2 is 1.79 bits per heavy atom. The first-order valence-electron chi connectivity index (χ1n) is 10.8. The van der Waals surface area contributed by atoms with E-state index in [0.29, 0.717) is 35.7 Å². The number of nitrogens with zero attached hydrogens (tertiary/aromatic N) is 4. The zero-order valence-electron chi connectivity index (χ0n) is 18.8. The summed E-state index contributed by atoms with van der Waals surface area (Å²) in [7, 11) is 3.21. The van der Waals surface area contributed by atoms with E-state index in [4.69, 9.17) is 14.6 Å². The van der Waals surface area contributed by atoms with Crippen molar-refractivity contribution < 1.29 is 14.3 Å². The summed E-state index contributed by atoms with van der Waals surface area (Å²) >= 11 is 0. The zero-order chi connectivity index (χ0) is 22.9. The molecule has 2 aromatic carbocycles. The highest BCUT2D eigenvalue weighted by molar-refractivity contribution is 5.97. The third kappa shape index (κ3) is 3.75. The number of allylic oxidation sites excluding steroid dienone is 1. The topological polar surface area (TPSA) is 78.6 Å². The fourth-order valence-corrected chi connectivity index (χ4v) is 4.38. The summed E-state index contributed by atoms with van der Waals surface area (Å²) in [6, 6.07) is 15.8. The number of aromatic nitrogens is 4. The molecule has 0 radical (unpaired) electrons. The van der Waals surface area contributed by atoms with Gasteiger partial charge in [0.15, 0.2) is 28.6 Å². The average Bonchev–Trinajstić information content (AvgIpc) is 3.19. The normalized spacial score (nSPS) is 15.7. The summed E-state index contributed by atoms with van der Waals surface area (Å²) in [5, 5.41) is 13.5. The van der Waals surface area contributed by atoms with Crippen LogP contribution in [0.1, 0.15) is 33.9 Å². The number of rotatable bonds is 5. The Hall–Kier alpha value is -4.00. The Labute approximate surface area is 191 Å². The van der Waals surface area contributed by atoms with Gasteiger partial charge in [0, 0.05) is 6.42 Å². The standard InChI is InChI=1S/C26H24N4O3/c1-16-24(19-11-12-22(32-2)23(15-19)33-3)26-28-27-25-20(30(26)29-16)13-18(14-21(25)31)10-9-17-7-5-4-6-8-17/h4-12,15,18H,13-14H2,1-3H3/b10-9+/t18-/m0/s1. The van der Waals surface area contributed by atoms with Crippen LogP contribution in [-0.4, -0.2) is 39.8 Å². The van der Waals surface area contributed by atoms with Crippen LogP contribution in [0.15, 0.2) is 54.6 Å². The number of Topliss-reactive ketones (excluding diaryl/α,β-unsaturated/α-hetero) is 1. The molecule has 0 amide bonds. The van der Waals surface area contributed by atoms with Crippen molar-refractivity contribution >= 4 is 17.5 Å². The van der Waals surface area contributed by atoms with E-state index in [9.17, 15) is 4.79 Å². The largest absolute Gasteiger partial charge is 0.493 e. The molecular weight excluding hydrogens is 416 g/mol. The van der Waals surface area contributed by atoms with Gasteiger partial charge < -0.3 is 9.47 Å². The smallest absolute Gasteiger partial charge is 0.185 e. The van der Waals surface area contributed by atoms with Crippen LogP contribution in [0.5, 0.6) is 11.5 Å². The number of benzene rings is 2. The molecule has 1 aliphatic rings. The van der Waals surface area contributed by atoms with Crippen LogP contribution in [0.4, 0.5) is 0 Å². The summed E-state index contributed by atoms with van der Waals surface area (Å²) in [6.07, 6.45) is 5.26. The van der Waals surface area contributed by atoms with Crippen LogP contribution in [-0.2, 0) is 6.42 Å². The Kier molecular flexibility index (Phi) is 5.38. The van der Waals surface area contributed by atoms with Crippen LogP contribution < -0.4 is 9.47 Å². The first kappa shape index (κ1) is 20.9. The van der Waals surface area contributed by atoms with Gasteiger partial charge in [-0.2, -0.15) is 5.10 Å². The van der Waals surface area contributed by atoms with Gasteiger partial charge in [-0.25, -0.2) is 4.52 Å². The summed E-state index contributed by atoms with van der Waals surface area (Å²) in [5.74, 6) is 1.35. The van der Waals surface area contributed by atoms with E-state index < -0.39 is 0 Å². The second-order valence-corrected chi connectivity index (χ2v) is 8.12. The number of fused-ring (bicyclic) bond motifs is 3. The van der Waals surface area contributed by atoms with Crippen molar-refractivity contribution in [2.24, 2.45) is 5.92 Å². The summed E-state index contributed by atoms with van der Waals surface area (Å²) in [4.78, 5) is 12.9. The number of carbonyl (C=O) groups excluding carboxylic acids is 1. The number of hydrogen-bond acceptors (Lipinski definition) is 6. The number of ether oxygens (including phenoxy) is 2. The van der Waals surface area contributed by atoms with E-state index in [1.165, 1.54) is 0 Å². The molecule has 0 N–H and O–H groups in total. The molecule has 7 nitrogen and oxygen atoms in total. The molecule has 7 heteroatoms. The SMILES string of the molecule is COc1ccc(-c2c(C)nn3c4c(nnc23)C(=O)C[C@@H](/C=C/c2ccccc2)C4)cc1OC. The molecular formula is C26H24N4O3. The highest BCUT2D eigenvalue weighted by Gasteiger charge is 2.29. The fourth-order valence-electron chi connectivity index (χ4n) is 4.38. The van der Waals surface area contributed by atoms with Crippen molar-refractivity contribution in [3.8, 4) is 22.6 Å². The maximum absolute atomic E-state index is 12.9. The zero-order valence-corrected chi connectivity index (χ0v) is 18.8. The van der Waals surface area contributed by atoms with Gasteiger partial charge in [0.05, 0.1) is 31.2 Å². The lowest BCUT2D eigenvalue weighted by atomic mass is 9.88. The number of carbonyl (C=O) groups is 1. The van der Waals surface area contributed by atoms with E-state index in [-0.39, 0.29) is 11.7 Å². The maximum atomic E-state index is 12.9. The molecule has 0 aliphatic heterocycles. The van der Waals surface area contributed by atoms with Crippen LogP contribution in [0, 0.1) is 12.8 Å². The van der Waals surface area contributed by atoms with Gasteiger partial charge in [-0.15, -0.1) is 10.2 Å². The predicted octanol–water partition coefficient (Wildman–Crippen LogP) is 4.58. The molecule has 33 heavy (non-hydrogen) atoms. The minimum absolute atomic E-state index is 0.00539. The number of aryl methyl sites for hydroxylation is 1. The monoisotopic (exact) mass is 440 g/mol. The van der Waals surface area contributed by atoms with E-state index >= 15 is 0 Å². The van der Waals surface area contributed by atoms with E-state index in [2.05, 4.69) is 22.3 Å². The lowest BCUT2D eigenvalue weighted by molar-refractivity contribution is 0.0950. The third-order valence-electron chi connectivity index (χ3n) is 6.01. The Morgan fingerprint density at radius 3 is 2.55 bits per heavy atom. The molecule has 166 valence electrons. The number of hydrogen-bond donors (Lipinski definition) is 0. The molecule has 2 heterocycles. The number of methoxy groups -OCH3 is 2. The van der Waals surface area contributed by atoms with E-state index in [0.717, 1.165) is 28.1 Å². The molecule has 0 fully saturated rings. The second-order valence-electron chi connectivity index (χ2n) is 8.12. The fraction of sp³-hybridized carbons (Fsp3) is 0.231. The van der Waals surface area contributed by atoms with Crippen molar-refractivity contribution in [1.29, 1.82) is 0 Å². The van der Waals surface area contributed by atoms with Crippen molar-refractivity contribution in [3.63, 3.8) is 0 Å². The highest BCUT2D eigenvalue weighted by atomic mass is 16.5. The summed E-state index contributed by atoms with van der Waals surface area (Å²) in [6.45, 7) is 1.94. The Bertz CT molecular complexity index is 1380. The van der Waals surface area contributed by atoms with Gasteiger partial charge in [0.2, 0.25) is 0 Å². The van der Waals surface area contributed by atoms with Crippen LogP contribution in [0.2, 0.25) is 0 Å². The molecule has 1 atom stereocenters.